The van der Waals surface area contributed by atoms with Crippen molar-refractivity contribution in [2.24, 2.45) is 0 Å². The SMILES string of the molecule is CC(=O)Nc1ccccc1CN(CCO)C1CC1. The van der Waals surface area contributed by atoms with Gasteiger partial charge in [0.1, 0.15) is 0 Å². The minimum atomic E-state index is -0.0532. The molecule has 0 unspecified atom stereocenters. The molecule has 0 bridgehead atoms. The Labute approximate surface area is 108 Å². The predicted octanol–water partition coefficient (Wildman–Crippen LogP) is 1.60. The van der Waals surface area contributed by atoms with Gasteiger partial charge in [-0.05, 0) is 24.5 Å². The fourth-order valence-electron chi connectivity index (χ4n) is 2.15. The van der Waals surface area contributed by atoms with Crippen LogP contribution in [0.15, 0.2) is 24.3 Å². The van der Waals surface area contributed by atoms with Gasteiger partial charge in [-0.3, -0.25) is 9.69 Å². The normalized spacial score (nSPS) is 14.8. The Balaban J connectivity index is 2.08. The van der Waals surface area contributed by atoms with Crippen LogP contribution in [0.5, 0.6) is 0 Å². The Kier molecular flexibility index (Phi) is 4.33. The summed E-state index contributed by atoms with van der Waals surface area (Å²) in [5.41, 5.74) is 1.97. The summed E-state index contributed by atoms with van der Waals surface area (Å²) in [7, 11) is 0. The number of hydrogen-bond acceptors (Lipinski definition) is 3. The van der Waals surface area contributed by atoms with E-state index in [0.29, 0.717) is 12.6 Å². The Bertz CT molecular complexity index is 416. The smallest absolute Gasteiger partial charge is 0.221 e. The van der Waals surface area contributed by atoms with E-state index in [2.05, 4.69) is 10.2 Å². The molecule has 1 fully saturated rings. The molecule has 0 radical (unpaired) electrons. The molecule has 1 aliphatic rings. The number of carbonyl (C=O) groups is 1. The van der Waals surface area contributed by atoms with Gasteiger partial charge in [-0.15, -0.1) is 0 Å². The topological polar surface area (TPSA) is 52.6 Å². The van der Waals surface area contributed by atoms with Crippen molar-refractivity contribution in [2.45, 2.75) is 32.4 Å². The molecule has 4 heteroatoms. The summed E-state index contributed by atoms with van der Waals surface area (Å²) in [4.78, 5) is 13.4. The molecule has 0 spiro atoms. The molecule has 1 aromatic carbocycles. The first-order chi connectivity index (χ1) is 8.70. The van der Waals surface area contributed by atoms with Crippen LogP contribution in [0.3, 0.4) is 0 Å². The van der Waals surface area contributed by atoms with E-state index in [9.17, 15) is 4.79 Å². The van der Waals surface area contributed by atoms with Crippen LogP contribution in [-0.2, 0) is 11.3 Å². The lowest BCUT2D eigenvalue weighted by Crippen LogP contribution is -2.29. The van der Waals surface area contributed by atoms with Gasteiger partial charge >= 0.3 is 0 Å². The highest BCUT2D eigenvalue weighted by Gasteiger charge is 2.28. The lowest BCUT2D eigenvalue weighted by molar-refractivity contribution is -0.114. The molecule has 0 heterocycles. The fourth-order valence-corrected chi connectivity index (χ4v) is 2.15. The van der Waals surface area contributed by atoms with Gasteiger partial charge in [-0.1, -0.05) is 18.2 Å². The molecule has 98 valence electrons. The second-order valence-corrected chi connectivity index (χ2v) is 4.76. The zero-order chi connectivity index (χ0) is 13.0. The van der Waals surface area contributed by atoms with Crippen LogP contribution >= 0.6 is 0 Å². The van der Waals surface area contributed by atoms with Crippen molar-refractivity contribution in [1.29, 1.82) is 0 Å². The third kappa shape index (κ3) is 3.55. The maximum absolute atomic E-state index is 11.2. The average molecular weight is 248 g/mol. The van der Waals surface area contributed by atoms with Crippen LogP contribution in [0.25, 0.3) is 0 Å². The first-order valence-electron chi connectivity index (χ1n) is 6.41. The van der Waals surface area contributed by atoms with Gasteiger partial charge in [0.2, 0.25) is 5.91 Å². The van der Waals surface area contributed by atoms with Gasteiger partial charge < -0.3 is 10.4 Å². The second-order valence-electron chi connectivity index (χ2n) is 4.76. The molecule has 2 N–H and O–H groups in total. The quantitative estimate of drug-likeness (QED) is 0.804. The van der Waals surface area contributed by atoms with Crippen molar-refractivity contribution in [3.8, 4) is 0 Å². The van der Waals surface area contributed by atoms with Gasteiger partial charge in [0.15, 0.2) is 0 Å². The largest absolute Gasteiger partial charge is 0.395 e. The van der Waals surface area contributed by atoms with Crippen LogP contribution in [0.2, 0.25) is 0 Å². The van der Waals surface area contributed by atoms with Gasteiger partial charge in [0.05, 0.1) is 6.61 Å². The lowest BCUT2D eigenvalue weighted by Gasteiger charge is -2.22. The standard InChI is InChI=1S/C14H20N2O2/c1-11(18)15-14-5-3-2-4-12(14)10-16(8-9-17)13-6-7-13/h2-5,13,17H,6-10H2,1H3,(H,15,18). The van der Waals surface area contributed by atoms with E-state index in [4.69, 9.17) is 5.11 Å². The molecule has 0 aliphatic heterocycles. The fraction of sp³-hybridized carbons (Fsp3) is 0.500. The monoisotopic (exact) mass is 248 g/mol. The van der Waals surface area contributed by atoms with E-state index in [0.717, 1.165) is 17.8 Å². The zero-order valence-electron chi connectivity index (χ0n) is 10.7. The van der Waals surface area contributed by atoms with Crippen molar-refractivity contribution in [2.75, 3.05) is 18.5 Å². The van der Waals surface area contributed by atoms with E-state index in [1.807, 2.05) is 24.3 Å². The summed E-state index contributed by atoms with van der Waals surface area (Å²) in [5, 5.41) is 11.9. The number of benzene rings is 1. The molecular weight excluding hydrogens is 228 g/mol. The van der Waals surface area contributed by atoms with Crippen molar-refractivity contribution < 1.29 is 9.90 Å². The van der Waals surface area contributed by atoms with E-state index < -0.39 is 0 Å². The number of amides is 1. The molecule has 2 rings (SSSR count). The van der Waals surface area contributed by atoms with Crippen molar-refractivity contribution >= 4 is 11.6 Å². The third-order valence-corrected chi connectivity index (χ3v) is 3.15. The zero-order valence-corrected chi connectivity index (χ0v) is 10.7. The first kappa shape index (κ1) is 13.1. The summed E-state index contributed by atoms with van der Waals surface area (Å²) in [5.74, 6) is -0.0532. The number of anilines is 1. The number of para-hydroxylation sites is 1. The third-order valence-electron chi connectivity index (χ3n) is 3.15. The number of rotatable bonds is 6. The maximum atomic E-state index is 11.2. The Morgan fingerprint density at radius 2 is 2.17 bits per heavy atom. The van der Waals surface area contributed by atoms with Gasteiger partial charge in [0, 0.05) is 31.7 Å². The van der Waals surface area contributed by atoms with Crippen molar-refractivity contribution in [1.82, 2.24) is 4.90 Å². The van der Waals surface area contributed by atoms with Crippen LogP contribution in [-0.4, -0.2) is 35.1 Å². The number of hydrogen-bond donors (Lipinski definition) is 2. The van der Waals surface area contributed by atoms with Crippen molar-refractivity contribution in [3.63, 3.8) is 0 Å². The molecular formula is C14H20N2O2. The van der Waals surface area contributed by atoms with Gasteiger partial charge in [0.25, 0.3) is 0 Å². The van der Waals surface area contributed by atoms with E-state index >= 15 is 0 Å². The Hall–Kier alpha value is -1.39. The Morgan fingerprint density at radius 1 is 1.44 bits per heavy atom. The summed E-state index contributed by atoms with van der Waals surface area (Å²) < 4.78 is 0. The molecule has 4 nitrogen and oxygen atoms in total. The molecule has 1 aliphatic carbocycles. The molecule has 1 aromatic rings. The maximum Gasteiger partial charge on any atom is 0.221 e. The number of aliphatic hydroxyl groups is 1. The Morgan fingerprint density at radius 3 is 2.78 bits per heavy atom. The van der Waals surface area contributed by atoms with E-state index in [1.165, 1.54) is 19.8 Å². The minimum absolute atomic E-state index is 0.0532. The summed E-state index contributed by atoms with van der Waals surface area (Å²) in [6, 6.07) is 8.44. The number of aliphatic hydroxyl groups excluding tert-OH is 1. The number of nitrogens with one attached hydrogen (secondary N) is 1. The highest BCUT2D eigenvalue weighted by molar-refractivity contribution is 5.89. The second kappa shape index (κ2) is 5.98. The number of carbonyl (C=O) groups excluding carboxylic acids is 1. The minimum Gasteiger partial charge on any atom is -0.395 e. The predicted molar refractivity (Wildman–Crippen MR) is 71.3 cm³/mol. The highest BCUT2D eigenvalue weighted by atomic mass is 16.3. The first-order valence-corrected chi connectivity index (χ1v) is 6.41. The average Bonchev–Trinajstić information content (AvgIpc) is 3.14. The molecule has 0 saturated heterocycles. The molecule has 1 amide bonds. The summed E-state index contributed by atoms with van der Waals surface area (Å²) in [6.45, 7) is 3.17. The molecule has 0 aromatic heterocycles. The van der Waals surface area contributed by atoms with E-state index in [-0.39, 0.29) is 12.5 Å². The summed E-state index contributed by atoms with van der Waals surface area (Å²) >= 11 is 0. The molecule has 18 heavy (non-hydrogen) atoms. The van der Waals surface area contributed by atoms with Crippen LogP contribution in [0.1, 0.15) is 25.3 Å². The van der Waals surface area contributed by atoms with Crippen LogP contribution in [0, 0.1) is 0 Å². The lowest BCUT2D eigenvalue weighted by atomic mass is 10.1. The van der Waals surface area contributed by atoms with Gasteiger partial charge in [-0.2, -0.15) is 0 Å². The van der Waals surface area contributed by atoms with Crippen LogP contribution < -0.4 is 5.32 Å². The summed E-state index contributed by atoms with van der Waals surface area (Å²) in [6.07, 6.45) is 2.42. The van der Waals surface area contributed by atoms with E-state index in [1.54, 1.807) is 0 Å². The number of nitrogens with zero attached hydrogens (tertiary/aromatic N) is 1. The van der Waals surface area contributed by atoms with Gasteiger partial charge in [-0.25, -0.2) is 0 Å². The molecule has 1 saturated carbocycles. The van der Waals surface area contributed by atoms with Crippen molar-refractivity contribution in [3.05, 3.63) is 29.8 Å². The molecule has 0 atom stereocenters. The van der Waals surface area contributed by atoms with Crippen LogP contribution in [0.4, 0.5) is 5.69 Å². The highest BCUT2D eigenvalue weighted by Crippen LogP contribution is 2.29.